The molecule has 0 aromatic carbocycles. The largest absolute Gasteiger partial charge is 0.417 e. The zero-order valence-corrected chi connectivity index (χ0v) is 8.86. The molecular formula is C9H20OSi. The van der Waals surface area contributed by atoms with E-state index in [2.05, 4.69) is 13.8 Å². The molecule has 0 unspecified atom stereocenters. The highest BCUT2D eigenvalue weighted by Gasteiger charge is 1.91. The van der Waals surface area contributed by atoms with Gasteiger partial charge in [-0.15, -0.1) is 0 Å². The average molecular weight is 172 g/mol. The van der Waals surface area contributed by atoms with E-state index in [1.807, 2.05) is 0 Å². The highest BCUT2D eigenvalue weighted by Crippen LogP contribution is 2.02. The van der Waals surface area contributed by atoms with Crippen molar-refractivity contribution in [1.29, 1.82) is 0 Å². The zero-order valence-electron chi connectivity index (χ0n) is 7.86. The highest BCUT2D eigenvalue weighted by atomic mass is 28.2. The van der Waals surface area contributed by atoms with Gasteiger partial charge in [-0.25, -0.2) is 0 Å². The molecule has 0 heterocycles. The first kappa shape index (κ1) is 11.2. The maximum Gasteiger partial charge on any atom is 0.229 e. The molecule has 0 fully saturated rings. The molecule has 0 spiro atoms. The van der Waals surface area contributed by atoms with Gasteiger partial charge in [-0.3, -0.25) is 0 Å². The monoisotopic (exact) mass is 172 g/mol. The minimum absolute atomic E-state index is 0.750. The summed E-state index contributed by atoms with van der Waals surface area (Å²) in [5.41, 5.74) is 0. The summed E-state index contributed by atoms with van der Waals surface area (Å²) in [6.45, 7) is 5.35. The molecule has 0 N–H and O–H groups in total. The molecule has 0 saturated carbocycles. The molecule has 0 atom stereocenters. The van der Waals surface area contributed by atoms with Crippen LogP contribution < -0.4 is 0 Å². The summed E-state index contributed by atoms with van der Waals surface area (Å²) in [4.78, 5) is 0. The van der Waals surface area contributed by atoms with Gasteiger partial charge in [0, 0.05) is 6.61 Å². The van der Waals surface area contributed by atoms with Crippen LogP contribution in [0.25, 0.3) is 0 Å². The first-order valence-corrected chi connectivity index (χ1v) is 5.88. The Kier molecular flexibility index (Phi) is 10.3. The quantitative estimate of drug-likeness (QED) is 0.404. The predicted molar refractivity (Wildman–Crippen MR) is 50.9 cm³/mol. The van der Waals surface area contributed by atoms with Crippen molar-refractivity contribution < 1.29 is 4.43 Å². The second-order valence-electron chi connectivity index (χ2n) is 2.80. The maximum atomic E-state index is 5.39. The van der Waals surface area contributed by atoms with Crippen molar-refractivity contribution in [2.24, 2.45) is 0 Å². The van der Waals surface area contributed by atoms with Crippen LogP contribution in [-0.4, -0.2) is 16.4 Å². The van der Waals surface area contributed by atoms with E-state index in [0.717, 1.165) is 22.8 Å². The molecule has 11 heavy (non-hydrogen) atoms. The Balaban J connectivity index is 2.69. The zero-order chi connectivity index (χ0) is 8.36. The van der Waals surface area contributed by atoms with Crippen LogP contribution >= 0.6 is 0 Å². The minimum atomic E-state index is 0.750. The summed E-state index contributed by atoms with van der Waals surface area (Å²) in [7, 11) is 0.750. The van der Waals surface area contributed by atoms with Crippen molar-refractivity contribution in [3.05, 3.63) is 0 Å². The van der Waals surface area contributed by atoms with Crippen LogP contribution in [0.5, 0.6) is 0 Å². The van der Waals surface area contributed by atoms with Crippen molar-refractivity contribution in [3.8, 4) is 0 Å². The van der Waals surface area contributed by atoms with E-state index in [-0.39, 0.29) is 0 Å². The van der Waals surface area contributed by atoms with Crippen LogP contribution in [0.3, 0.4) is 0 Å². The molecule has 0 bridgehead atoms. The van der Waals surface area contributed by atoms with Crippen molar-refractivity contribution in [1.82, 2.24) is 0 Å². The number of unbranched alkanes of at least 4 members (excludes halogenated alkanes) is 3. The van der Waals surface area contributed by atoms with Crippen LogP contribution in [-0.2, 0) is 4.43 Å². The van der Waals surface area contributed by atoms with E-state index in [1.54, 1.807) is 0 Å². The second-order valence-corrected chi connectivity index (χ2v) is 3.88. The molecule has 0 amide bonds. The molecule has 0 aliphatic carbocycles. The molecule has 2 heteroatoms. The van der Waals surface area contributed by atoms with Gasteiger partial charge in [-0.2, -0.15) is 0 Å². The SMILES string of the molecule is CCCCCC[Si]OCCC. The Bertz CT molecular complexity index is 58.6. The van der Waals surface area contributed by atoms with Gasteiger partial charge in [0.1, 0.15) is 0 Å². The standard InChI is InChI=1S/C9H20OSi/c1-3-5-6-7-9-11-10-8-4-2/h3-9H2,1-2H3. The first-order valence-electron chi connectivity index (χ1n) is 4.76. The van der Waals surface area contributed by atoms with Gasteiger partial charge >= 0.3 is 0 Å². The third-order valence-electron chi connectivity index (χ3n) is 1.54. The van der Waals surface area contributed by atoms with Crippen molar-refractivity contribution in [2.45, 2.75) is 52.0 Å². The van der Waals surface area contributed by atoms with Crippen LogP contribution in [0.1, 0.15) is 46.0 Å². The molecule has 1 nitrogen and oxygen atoms in total. The van der Waals surface area contributed by atoms with Crippen molar-refractivity contribution in [3.63, 3.8) is 0 Å². The Hall–Kier alpha value is 0.177. The van der Waals surface area contributed by atoms with E-state index in [9.17, 15) is 0 Å². The average Bonchev–Trinajstić information content (AvgIpc) is 2.03. The van der Waals surface area contributed by atoms with E-state index < -0.39 is 0 Å². The summed E-state index contributed by atoms with van der Waals surface area (Å²) >= 11 is 0. The fourth-order valence-corrected chi connectivity index (χ4v) is 1.76. The van der Waals surface area contributed by atoms with E-state index in [0.29, 0.717) is 0 Å². The van der Waals surface area contributed by atoms with Gasteiger partial charge < -0.3 is 4.43 Å². The molecule has 0 saturated heterocycles. The molecular weight excluding hydrogens is 152 g/mol. The maximum absolute atomic E-state index is 5.39. The highest BCUT2D eigenvalue weighted by molar-refractivity contribution is 6.26. The van der Waals surface area contributed by atoms with Gasteiger partial charge in [0.25, 0.3) is 0 Å². The van der Waals surface area contributed by atoms with Crippen LogP contribution in [0.4, 0.5) is 0 Å². The number of hydrogen-bond acceptors (Lipinski definition) is 1. The van der Waals surface area contributed by atoms with Gasteiger partial charge in [-0.05, 0) is 12.5 Å². The fourth-order valence-electron chi connectivity index (χ4n) is 0.870. The summed E-state index contributed by atoms with van der Waals surface area (Å²) < 4.78 is 5.39. The van der Waals surface area contributed by atoms with E-state index >= 15 is 0 Å². The van der Waals surface area contributed by atoms with Crippen LogP contribution in [0.2, 0.25) is 6.04 Å². The molecule has 0 aromatic heterocycles. The third-order valence-corrected chi connectivity index (χ3v) is 2.51. The lowest BCUT2D eigenvalue weighted by atomic mass is 10.2. The van der Waals surface area contributed by atoms with Gasteiger partial charge in [0.15, 0.2) is 0 Å². The summed E-state index contributed by atoms with van der Waals surface area (Å²) in [5, 5.41) is 0. The lowest BCUT2D eigenvalue weighted by molar-refractivity contribution is 0.334. The van der Waals surface area contributed by atoms with Gasteiger partial charge in [-0.1, -0.05) is 39.5 Å². The topological polar surface area (TPSA) is 9.23 Å². The van der Waals surface area contributed by atoms with Crippen molar-refractivity contribution in [2.75, 3.05) is 6.61 Å². The molecule has 2 radical (unpaired) electrons. The summed E-state index contributed by atoms with van der Waals surface area (Å²) in [6.07, 6.45) is 6.62. The van der Waals surface area contributed by atoms with E-state index in [4.69, 9.17) is 4.43 Å². The second kappa shape index (κ2) is 10.2. The molecule has 0 aromatic rings. The molecule has 0 aliphatic rings. The fraction of sp³-hybridized carbons (Fsp3) is 1.00. The van der Waals surface area contributed by atoms with Crippen molar-refractivity contribution >= 4 is 9.76 Å². The smallest absolute Gasteiger partial charge is 0.229 e. The molecule has 0 aliphatic heterocycles. The van der Waals surface area contributed by atoms with Gasteiger partial charge in [0.2, 0.25) is 9.76 Å². The number of rotatable bonds is 8. The summed E-state index contributed by atoms with van der Waals surface area (Å²) in [6, 6.07) is 1.28. The lowest BCUT2D eigenvalue weighted by Crippen LogP contribution is -1.98. The van der Waals surface area contributed by atoms with Crippen LogP contribution in [0, 0.1) is 0 Å². The van der Waals surface area contributed by atoms with Crippen LogP contribution in [0.15, 0.2) is 0 Å². The third kappa shape index (κ3) is 10.2. The minimum Gasteiger partial charge on any atom is -0.417 e. The first-order chi connectivity index (χ1) is 5.41. The molecule has 66 valence electrons. The normalized spacial score (nSPS) is 10.4. The van der Waals surface area contributed by atoms with Gasteiger partial charge in [0.05, 0.1) is 0 Å². The Morgan fingerprint density at radius 1 is 1.00 bits per heavy atom. The Labute approximate surface area is 73.5 Å². The summed E-state index contributed by atoms with van der Waals surface area (Å²) in [5.74, 6) is 0. The number of hydrogen-bond donors (Lipinski definition) is 0. The Morgan fingerprint density at radius 2 is 1.82 bits per heavy atom. The predicted octanol–water partition coefficient (Wildman–Crippen LogP) is 3.03. The lowest BCUT2D eigenvalue weighted by Gasteiger charge is -1.99. The molecule has 0 rings (SSSR count). The Morgan fingerprint density at radius 3 is 2.45 bits per heavy atom. The van der Waals surface area contributed by atoms with E-state index in [1.165, 1.54) is 31.7 Å².